The molecule has 1 amide bonds. The van der Waals surface area contributed by atoms with Crippen LogP contribution < -0.4 is 0 Å². The predicted octanol–water partition coefficient (Wildman–Crippen LogP) is 3.39. The molecular formula is C24H26FN7O. The highest BCUT2D eigenvalue weighted by Gasteiger charge is 2.27. The van der Waals surface area contributed by atoms with Crippen molar-refractivity contribution in [1.29, 1.82) is 0 Å². The molecule has 0 radical (unpaired) electrons. The van der Waals surface area contributed by atoms with E-state index < -0.39 is 6.04 Å². The van der Waals surface area contributed by atoms with Crippen molar-refractivity contribution in [3.63, 3.8) is 0 Å². The van der Waals surface area contributed by atoms with Gasteiger partial charge in [0.2, 0.25) is 5.91 Å². The highest BCUT2D eigenvalue weighted by Crippen LogP contribution is 2.20. The first kappa shape index (κ1) is 22.3. The van der Waals surface area contributed by atoms with Gasteiger partial charge in [0.15, 0.2) is 0 Å². The van der Waals surface area contributed by atoms with Crippen molar-refractivity contribution in [1.82, 2.24) is 35.3 Å². The normalized spacial score (nSPS) is 12.0. The van der Waals surface area contributed by atoms with E-state index in [1.807, 2.05) is 36.4 Å². The smallest absolute Gasteiger partial charge is 0.247 e. The molecule has 2 aromatic carbocycles. The molecule has 0 aliphatic carbocycles. The Kier molecular flexibility index (Phi) is 6.87. The summed E-state index contributed by atoms with van der Waals surface area (Å²) >= 11 is 0. The summed E-state index contributed by atoms with van der Waals surface area (Å²) in [5, 5.41) is 19.1. The number of hydrogen-bond acceptors (Lipinski definition) is 5. The standard InChI is InChI=1S/C24H26FN7O/c1-17-26-29-30-32(17)23(15-18-7-4-3-5-8-18)24(33)31(2)14-6-9-21-16-22(28-27-21)19-10-12-20(25)13-11-19/h3-5,7-8,10-13,16,23H,6,9,14-15H2,1-2H3,(H,27,28). The molecule has 0 fully saturated rings. The Hall–Kier alpha value is -3.88. The molecule has 0 saturated heterocycles. The van der Waals surface area contributed by atoms with Gasteiger partial charge in [-0.15, -0.1) is 5.10 Å². The van der Waals surface area contributed by atoms with Crippen LogP contribution in [0.2, 0.25) is 0 Å². The van der Waals surface area contributed by atoms with Crippen LogP contribution in [0.15, 0.2) is 60.7 Å². The van der Waals surface area contributed by atoms with Gasteiger partial charge in [-0.25, -0.2) is 9.07 Å². The second-order valence-corrected chi connectivity index (χ2v) is 8.02. The first-order valence-electron chi connectivity index (χ1n) is 10.8. The number of aromatic amines is 1. The molecule has 33 heavy (non-hydrogen) atoms. The van der Waals surface area contributed by atoms with E-state index in [9.17, 15) is 9.18 Å². The third kappa shape index (κ3) is 5.49. The van der Waals surface area contributed by atoms with E-state index in [1.165, 1.54) is 12.1 Å². The van der Waals surface area contributed by atoms with E-state index in [1.54, 1.807) is 35.7 Å². The number of tetrazole rings is 1. The van der Waals surface area contributed by atoms with E-state index in [-0.39, 0.29) is 11.7 Å². The van der Waals surface area contributed by atoms with Crippen LogP contribution in [0.25, 0.3) is 11.3 Å². The summed E-state index contributed by atoms with van der Waals surface area (Å²) in [6.45, 7) is 2.37. The molecule has 9 heteroatoms. The second-order valence-electron chi connectivity index (χ2n) is 8.02. The lowest BCUT2D eigenvalue weighted by molar-refractivity contribution is -0.133. The molecule has 1 N–H and O–H groups in total. The minimum absolute atomic E-state index is 0.0362. The van der Waals surface area contributed by atoms with Gasteiger partial charge in [-0.2, -0.15) is 5.10 Å². The molecule has 4 aromatic rings. The van der Waals surface area contributed by atoms with Crippen molar-refractivity contribution in [3.8, 4) is 11.3 Å². The number of aromatic nitrogens is 6. The maximum Gasteiger partial charge on any atom is 0.247 e. The van der Waals surface area contributed by atoms with Crippen LogP contribution in [0, 0.1) is 12.7 Å². The molecule has 0 saturated carbocycles. The zero-order valence-corrected chi connectivity index (χ0v) is 18.6. The van der Waals surface area contributed by atoms with Gasteiger partial charge in [0.25, 0.3) is 0 Å². The number of benzene rings is 2. The summed E-state index contributed by atoms with van der Waals surface area (Å²) < 4.78 is 14.7. The first-order valence-corrected chi connectivity index (χ1v) is 10.8. The van der Waals surface area contributed by atoms with Gasteiger partial charge in [0.1, 0.15) is 17.7 Å². The van der Waals surface area contributed by atoms with E-state index in [0.29, 0.717) is 18.8 Å². The molecule has 0 bridgehead atoms. The zero-order chi connectivity index (χ0) is 23.2. The average Bonchev–Trinajstić information content (AvgIpc) is 3.47. The predicted molar refractivity (Wildman–Crippen MR) is 122 cm³/mol. The number of likely N-dealkylation sites (N-methyl/N-ethyl adjacent to an activating group) is 1. The molecule has 0 aliphatic heterocycles. The minimum atomic E-state index is -0.510. The number of amides is 1. The van der Waals surface area contributed by atoms with Crippen molar-refractivity contribution < 1.29 is 9.18 Å². The van der Waals surface area contributed by atoms with E-state index in [4.69, 9.17) is 0 Å². The van der Waals surface area contributed by atoms with Crippen LogP contribution in [0.1, 0.15) is 29.5 Å². The van der Waals surface area contributed by atoms with Crippen LogP contribution in [0.5, 0.6) is 0 Å². The molecule has 170 valence electrons. The van der Waals surface area contributed by atoms with E-state index in [2.05, 4.69) is 25.7 Å². The molecule has 0 spiro atoms. The third-order valence-electron chi connectivity index (χ3n) is 5.60. The van der Waals surface area contributed by atoms with Crippen LogP contribution in [-0.4, -0.2) is 54.8 Å². The van der Waals surface area contributed by atoms with Gasteiger partial charge in [-0.3, -0.25) is 9.89 Å². The van der Waals surface area contributed by atoms with Crippen LogP contribution in [0.3, 0.4) is 0 Å². The maximum absolute atomic E-state index is 13.3. The number of nitrogens with zero attached hydrogens (tertiary/aromatic N) is 6. The molecule has 2 heterocycles. The average molecular weight is 448 g/mol. The Balaban J connectivity index is 1.37. The van der Waals surface area contributed by atoms with Gasteiger partial charge in [-0.05, 0) is 66.1 Å². The highest BCUT2D eigenvalue weighted by atomic mass is 19.1. The van der Waals surface area contributed by atoms with Gasteiger partial charge in [0.05, 0.1) is 5.69 Å². The number of hydrogen-bond donors (Lipinski definition) is 1. The lowest BCUT2D eigenvalue weighted by Crippen LogP contribution is -2.37. The fraction of sp³-hybridized carbons (Fsp3) is 0.292. The summed E-state index contributed by atoms with van der Waals surface area (Å²) in [6.07, 6.45) is 2.01. The molecule has 8 nitrogen and oxygen atoms in total. The number of halogens is 1. The zero-order valence-electron chi connectivity index (χ0n) is 18.6. The lowest BCUT2D eigenvalue weighted by Gasteiger charge is -2.24. The number of aryl methyl sites for hydroxylation is 2. The number of rotatable bonds is 9. The molecule has 4 rings (SSSR count). The van der Waals surface area contributed by atoms with Gasteiger partial charge in [-0.1, -0.05) is 30.3 Å². The fourth-order valence-corrected chi connectivity index (χ4v) is 3.77. The van der Waals surface area contributed by atoms with Crippen molar-refractivity contribution in [2.24, 2.45) is 0 Å². The summed E-state index contributed by atoms with van der Waals surface area (Å²) in [5.41, 5.74) is 3.63. The van der Waals surface area contributed by atoms with Crippen molar-refractivity contribution in [3.05, 3.63) is 83.6 Å². The summed E-state index contributed by atoms with van der Waals surface area (Å²) in [6, 6.07) is 17.5. The quantitative estimate of drug-likeness (QED) is 0.425. The van der Waals surface area contributed by atoms with Crippen molar-refractivity contribution >= 4 is 5.91 Å². The van der Waals surface area contributed by atoms with Crippen molar-refractivity contribution in [2.45, 2.75) is 32.2 Å². The molecule has 1 unspecified atom stereocenters. The maximum atomic E-state index is 13.3. The summed E-state index contributed by atoms with van der Waals surface area (Å²) in [5.74, 6) is 0.291. The molecule has 1 atom stereocenters. The number of carbonyl (C=O) groups excluding carboxylic acids is 1. The molecule has 2 aromatic heterocycles. The lowest BCUT2D eigenvalue weighted by atomic mass is 10.0. The fourth-order valence-electron chi connectivity index (χ4n) is 3.77. The Morgan fingerprint density at radius 3 is 2.61 bits per heavy atom. The van der Waals surface area contributed by atoms with Gasteiger partial charge in [0, 0.05) is 31.3 Å². The Morgan fingerprint density at radius 1 is 1.15 bits per heavy atom. The molecular weight excluding hydrogens is 421 g/mol. The van der Waals surface area contributed by atoms with Crippen LogP contribution in [0.4, 0.5) is 4.39 Å². The highest BCUT2D eigenvalue weighted by molar-refractivity contribution is 5.80. The monoisotopic (exact) mass is 447 g/mol. The topological polar surface area (TPSA) is 92.6 Å². The van der Waals surface area contributed by atoms with Gasteiger partial charge < -0.3 is 4.90 Å². The number of H-pyrrole nitrogens is 1. The Bertz CT molecular complexity index is 1190. The van der Waals surface area contributed by atoms with E-state index in [0.717, 1.165) is 35.4 Å². The van der Waals surface area contributed by atoms with Crippen molar-refractivity contribution in [2.75, 3.05) is 13.6 Å². The van der Waals surface area contributed by atoms with Crippen LogP contribution in [-0.2, 0) is 17.6 Å². The Morgan fingerprint density at radius 2 is 1.91 bits per heavy atom. The largest absolute Gasteiger partial charge is 0.344 e. The number of carbonyl (C=O) groups is 1. The van der Waals surface area contributed by atoms with E-state index >= 15 is 0 Å². The third-order valence-corrected chi connectivity index (χ3v) is 5.60. The van der Waals surface area contributed by atoms with Crippen LogP contribution >= 0.6 is 0 Å². The SMILES string of the molecule is Cc1nnnn1C(Cc1ccccc1)C(=O)N(C)CCCc1cc(-c2ccc(F)cc2)n[nH]1. The molecule has 0 aliphatic rings. The minimum Gasteiger partial charge on any atom is -0.344 e. The first-order chi connectivity index (χ1) is 16.0. The number of nitrogens with one attached hydrogen (secondary N) is 1. The second kappa shape index (κ2) is 10.2. The summed E-state index contributed by atoms with van der Waals surface area (Å²) in [4.78, 5) is 15.0. The van der Waals surface area contributed by atoms with Gasteiger partial charge >= 0.3 is 0 Å². The summed E-state index contributed by atoms with van der Waals surface area (Å²) in [7, 11) is 1.80. The Labute approximate surface area is 191 Å².